The van der Waals surface area contributed by atoms with Crippen molar-refractivity contribution < 1.29 is 27.1 Å². The summed E-state index contributed by atoms with van der Waals surface area (Å²) in [4.78, 5) is 34.0. The summed E-state index contributed by atoms with van der Waals surface area (Å²) in [6.45, 7) is 6.06. The quantitative estimate of drug-likeness (QED) is 0.195. The predicted molar refractivity (Wildman–Crippen MR) is 180 cm³/mol. The van der Waals surface area contributed by atoms with Crippen LogP contribution < -0.4 is 25.4 Å². The van der Waals surface area contributed by atoms with Gasteiger partial charge in [-0.1, -0.05) is 18.2 Å². The van der Waals surface area contributed by atoms with Crippen molar-refractivity contribution in [1.82, 2.24) is 9.88 Å². The first kappa shape index (κ1) is 33.4. The summed E-state index contributed by atoms with van der Waals surface area (Å²) in [6.07, 6.45) is 2.53. The maximum atomic E-state index is 14.0. The molecule has 246 valence electrons. The van der Waals surface area contributed by atoms with Gasteiger partial charge in [0.05, 0.1) is 11.8 Å². The van der Waals surface area contributed by atoms with Crippen molar-refractivity contribution in [2.75, 3.05) is 34.3 Å². The van der Waals surface area contributed by atoms with Crippen molar-refractivity contribution in [2.24, 2.45) is 5.73 Å². The molecule has 0 unspecified atom stereocenters. The minimum atomic E-state index is -3.36. The maximum Gasteiger partial charge on any atom is 0.326 e. The van der Waals surface area contributed by atoms with Crippen molar-refractivity contribution in [3.8, 4) is 11.6 Å². The number of sulfonamides is 1. The van der Waals surface area contributed by atoms with E-state index in [1.54, 1.807) is 35.2 Å². The van der Waals surface area contributed by atoms with Gasteiger partial charge in [-0.25, -0.2) is 22.6 Å². The average Bonchev–Trinajstić information content (AvgIpc) is 3.01. The second kappa shape index (κ2) is 14.2. The number of pyridine rings is 1. The van der Waals surface area contributed by atoms with Gasteiger partial charge in [-0.15, -0.1) is 0 Å². The average molecular weight is 661 g/mol. The minimum absolute atomic E-state index is 0.0990. The zero-order valence-electron chi connectivity index (χ0n) is 26.4. The fourth-order valence-corrected chi connectivity index (χ4v) is 6.10. The number of hydrogen-bond donors (Lipinski definition) is 3. The number of carbonyl (C=O) groups is 2. The molecule has 2 heterocycles. The maximum absolute atomic E-state index is 14.0. The number of benzene rings is 3. The Hall–Kier alpha value is -5.01. The van der Waals surface area contributed by atoms with Gasteiger partial charge in [-0.2, -0.15) is 0 Å². The standard InChI is InChI=1S/C34H37FN6O5S/c1-22-5-4-6-28(19-22)41(34(43)38-26-10-13-31(35)30(20-26)33(36)42)27-15-17-40(18-16-27)21-24-7-14-32(37-23(24)2)46-29-11-8-25(9-12-29)39-47(3,44)45/h4-14,19-20,27,39H,15-18,21H2,1-3H3,(H2,36,42)(H,38,43). The van der Waals surface area contributed by atoms with Gasteiger partial charge in [0.15, 0.2) is 0 Å². The van der Waals surface area contributed by atoms with Crippen LogP contribution in [0.4, 0.5) is 26.2 Å². The Morgan fingerprint density at radius 1 is 1.00 bits per heavy atom. The lowest BCUT2D eigenvalue weighted by molar-refractivity contribution is 0.0996. The molecule has 0 atom stereocenters. The molecule has 0 aliphatic carbocycles. The Kier molecular flexibility index (Phi) is 10.1. The number of carbonyl (C=O) groups excluding carboxylic acids is 2. The van der Waals surface area contributed by atoms with E-state index in [9.17, 15) is 22.4 Å². The van der Waals surface area contributed by atoms with E-state index in [1.165, 1.54) is 12.1 Å². The molecule has 1 aromatic heterocycles. The summed E-state index contributed by atoms with van der Waals surface area (Å²) in [6, 6.07) is 21.3. The molecule has 13 heteroatoms. The van der Waals surface area contributed by atoms with E-state index in [0.29, 0.717) is 23.9 Å². The van der Waals surface area contributed by atoms with Gasteiger partial charge in [0.25, 0.3) is 5.91 Å². The summed E-state index contributed by atoms with van der Waals surface area (Å²) in [5, 5.41) is 2.82. The molecule has 3 aromatic carbocycles. The molecule has 1 fully saturated rings. The SMILES string of the molecule is Cc1cccc(N(C(=O)Nc2ccc(F)c(C(N)=O)c2)C2CCN(Cc3ccc(Oc4ccc(NS(C)(=O)=O)cc4)nc3C)CC2)c1. The molecule has 1 saturated heterocycles. The van der Waals surface area contributed by atoms with Gasteiger partial charge in [0.1, 0.15) is 11.6 Å². The van der Waals surface area contributed by atoms with Gasteiger partial charge in [-0.3, -0.25) is 19.3 Å². The molecule has 1 aliphatic heterocycles. The Labute approximate surface area is 273 Å². The molecular formula is C34H37FN6O5S. The normalized spacial score (nSPS) is 14.0. The fraction of sp³-hybridized carbons (Fsp3) is 0.265. The molecule has 0 spiro atoms. The third-order valence-corrected chi connectivity index (χ3v) is 8.45. The highest BCUT2D eigenvalue weighted by atomic mass is 32.2. The molecule has 11 nitrogen and oxygen atoms in total. The van der Waals surface area contributed by atoms with Crippen molar-refractivity contribution in [2.45, 2.75) is 39.3 Å². The highest BCUT2D eigenvalue weighted by Crippen LogP contribution is 2.28. The number of nitrogens with zero attached hydrogens (tertiary/aromatic N) is 3. The number of likely N-dealkylation sites (tertiary alicyclic amines) is 1. The van der Waals surface area contributed by atoms with E-state index in [0.717, 1.165) is 60.8 Å². The first-order valence-corrected chi connectivity index (χ1v) is 16.9. The number of piperidine rings is 1. The number of ether oxygens (including phenoxy) is 1. The number of hydrogen-bond acceptors (Lipinski definition) is 7. The van der Waals surface area contributed by atoms with Gasteiger partial charge in [0, 0.05) is 54.5 Å². The Balaban J connectivity index is 1.23. The Morgan fingerprint density at radius 2 is 1.70 bits per heavy atom. The molecule has 3 amide bonds. The van der Waals surface area contributed by atoms with Crippen LogP contribution in [-0.2, 0) is 16.6 Å². The van der Waals surface area contributed by atoms with Crippen LogP contribution in [0.1, 0.15) is 40.0 Å². The number of amides is 3. The number of nitrogens with one attached hydrogen (secondary N) is 2. The molecular weight excluding hydrogens is 623 g/mol. The molecule has 4 N–H and O–H groups in total. The van der Waals surface area contributed by atoms with Gasteiger partial charge in [0.2, 0.25) is 15.9 Å². The molecule has 47 heavy (non-hydrogen) atoms. The number of urea groups is 1. The lowest BCUT2D eigenvalue weighted by Crippen LogP contribution is -2.49. The van der Waals surface area contributed by atoms with E-state index in [2.05, 4.69) is 19.9 Å². The lowest BCUT2D eigenvalue weighted by atomic mass is 10.0. The third-order valence-electron chi connectivity index (χ3n) is 7.85. The number of aromatic nitrogens is 1. The summed E-state index contributed by atoms with van der Waals surface area (Å²) in [5.41, 5.74) is 9.36. The van der Waals surface area contributed by atoms with Crippen LogP contribution in [0.2, 0.25) is 0 Å². The minimum Gasteiger partial charge on any atom is -0.439 e. The van der Waals surface area contributed by atoms with E-state index in [-0.39, 0.29) is 23.3 Å². The van der Waals surface area contributed by atoms with Crippen LogP contribution in [0.3, 0.4) is 0 Å². The molecule has 0 bridgehead atoms. The number of aryl methyl sites for hydroxylation is 2. The Bertz CT molecular complexity index is 1880. The Morgan fingerprint density at radius 3 is 2.34 bits per heavy atom. The topological polar surface area (TPSA) is 147 Å². The number of nitrogens with two attached hydrogens (primary N) is 1. The zero-order chi connectivity index (χ0) is 33.7. The molecule has 0 saturated carbocycles. The lowest BCUT2D eigenvalue weighted by Gasteiger charge is -2.38. The molecule has 5 rings (SSSR count). The number of halogens is 1. The van der Waals surface area contributed by atoms with Crippen LogP contribution in [-0.4, -0.2) is 55.6 Å². The summed E-state index contributed by atoms with van der Waals surface area (Å²) in [5.74, 6) is -0.703. The van der Waals surface area contributed by atoms with Crippen LogP contribution in [0.5, 0.6) is 11.6 Å². The van der Waals surface area contributed by atoms with Crippen LogP contribution in [0.15, 0.2) is 78.9 Å². The van der Waals surface area contributed by atoms with Crippen LogP contribution >= 0.6 is 0 Å². The third kappa shape index (κ3) is 8.83. The van der Waals surface area contributed by atoms with E-state index >= 15 is 0 Å². The molecule has 1 aliphatic rings. The van der Waals surface area contributed by atoms with E-state index in [1.807, 2.05) is 44.2 Å². The van der Waals surface area contributed by atoms with Crippen LogP contribution in [0.25, 0.3) is 0 Å². The van der Waals surface area contributed by atoms with Crippen molar-refractivity contribution in [3.05, 3.63) is 107 Å². The first-order valence-electron chi connectivity index (χ1n) is 15.1. The summed E-state index contributed by atoms with van der Waals surface area (Å²) < 4.78 is 45.2. The summed E-state index contributed by atoms with van der Waals surface area (Å²) in [7, 11) is -3.36. The number of primary amides is 1. The van der Waals surface area contributed by atoms with Gasteiger partial charge >= 0.3 is 6.03 Å². The second-order valence-electron chi connectivity index (χ2n) is 11.6. The predicted octanol–water partition coefficient (Wildman–Crippen LogP) is 5.80. The van der Waals surface area contributed by atoms with Crippen molar-refractivity contribution >= 4 is 39.0 Å². The van der Waals surface area contributed by atoms with Crippen molar-refractivity contribution in [3.63, 3.8) is 0 Å². The summed E-state index contributed by atoms with van der Waals surface area (Å²) >= 11 is 0. The highest BCUT2D eigenvalue weighted by molar-refractivity contribution is 7.92. The zero-order valence-corrected chi connectivity index (χ0v) is 27.2. The largest absolute Gasteiger partial charge is 0.439 e. The van der Waals surface area contributed by atoms with Gasteiger partial charge in [-0.05, 0) is 92.4 Å². The van der Waals surface area contributed by atoms with E-state index in [4.69, 9.17) is 10.5 Å². The van der Waals surface area contributed by atoms with E-state index < -0.39 is 21.7 Å². The monoisotopic (exact) mass is 660 g/mol. The fourth-order valence-electron chi connectivity index (χ4n) is 5.54. The second-order valence-corrected chi connectivity index (χ2v) is 13.3. The first-order chi connectivity index (χ1) is 22.3. The smallest absolute Gasteiger partial charge is 0.326 e. The highest BCUT2D eigenvalue weighted by Gasteiger charge is 2.30. The van der Waals surface area contributed by atoms with Gasteiger partial charge < -0.3 is 15.8 Å². The van der Waals surface area contributed by atoms with Crippen LogP contribution in [0, 0.1) is 19.7 Å². The van der Waals surface area contributed by atoms with Crippen molar-refractivity contribution in [1.29, 1.82) is 0 Å². The molecule has 4 aromatic rings. The molecule has 0 radical (unpaired) electrons. The number of rotatable bonds is 10. The number of anilines is 3.